The lowest BCUT2D eigenvalue weighted by atomic mass is 10.1. The van der Waals surface area contributed by atoms with Crippen LogP contribution in [0.5, 0.6) is 0 Å². The van der Waals surface area contributed by atoms with E-state index in [1.165, 1.54) is 16.5 Å². The second-order valence-electron chi connectivity index (χ2n) is 5.24. The summed E-state index contributed by atoms with van der Waals surface area (Å²) >= 11 is 0. The molecule has 2 aromatic carbocycles. The Bertz CT molecular complexity index is 925. The molecule has 4 aromatic rings. The van der Waals surface area contributed by atoms with Crippen molar-refractivity contribution < 1.29 is 0 Å². The fourth-order valence-electron chi connectivity index (χ4n) is 2.96. The van der Waals surface area contributed by atoms with Crippen molar-refractivity contribution in [3.05, 3.63) is 78.6 Å². The van der Waals surface area contributed by atoms with Crippen LogP contribution in [0.25, 0.3) is 28.1 Å². The Hall–Kier alpha value is -2.94. The van der Waals surface area contributed by atoms with Crippen LogP contribution in [-0.4, -0.2) is 14.5 Å². The highest BCUT2D eigenvalue weighted by atomic mass is 15.2. The average Bonchev–Trinajstić information content (AvgIpc) is 2.90. The highest BCUT2D eigenvalue weighted by molar-refractivity contribution is 5.92. The summed E-state index contributed by atoms with van der Waals surface area (Å²) in [5, 5.41) is 1.23. The Morgan fingerprint density at radius 3 is 2.23 bits per heavy atom. The van der Waals surface area contributed by atoms with Crippen molar-refractivity contribution in [3.8, 4) is 17.2 Å². The molecule has 0 bridgehead atoms. The summed E-state index contributed by atoms with van der Waals surface area (Å²) < 4.78 is 2.14. The molecule has 2 heterocycles. The van der Waals surface area contributed by atoms with Gasteiger partial charge in [-0.1, -0.05) is 48.5 Å². The van der Waals surface area contributed by atoms with E-state index in [9.17, 15) is 0 Å². The first-order valence-electron chi connectivity index (χ1n) is 7.29. The molecule has 0 saturated heterocycles. The van der Waals surface area contributed by atoms with Gasteiger partial charge in [0.25, 0.3) is 0 Å². The maximum absolute atomic E-state index is 4.45. The number of benzene rings is 2. The molecule has 3 heteroatoms. The summed E-state index contributed by atoms with van der Waals surface area (Å²) in [6.45, 7) is 2.16. The quantitative estimate of drug-likeness (QED) is 0.546. The van der Waals surface area contributed by atoms with E-state index >= 15 is 0 Å². The first-order chi connectivity index (χ1) is 10.9. The van der Waals surface area contributed by atoms with Gasteiger partial charge < -0.3 is 0 Å². The summed E-state index contributed by atoms with van der Waals surface area (Å²) in [5.41, 5.74) is 4.69. The van der Waals surface area contributed by atoms with Gasteiger partial charge in [0.15, 0.2) is 0 Å². The Morgan fingerprint density at radius 2 is 1.45 bits per heavy atom. The van der Waals surface area contributed by atoms with Gasteiger partial charge in [-0.2, -0.15) is 0 Å². The van der Waals surface area contributed by atoms with E-state index in [0.29, 0.717) is 5.95 Å². The number of aromatic nitrogens is 3. The maximum atomic E-state index is 4.45. The van der Waals surface area contributed by atoms with Crippen molar-refractivity contribution in [2.24, 2.45) is 0 Å². The third-order valence-corrected chi connectivity index (χ3v) is 3.93. The van der Waals surface area contributed by atoms with Crippen molar-refractivity contribution >= 4 is 10.9 Å². The molecule has 4 rings (SSSR count). The van der Waals surface area contributed by atoms with Crippen molar-refractivity contribution in [2.45, 2.75) is 6.92 Å². The molecule has 0 fully saturated rings. The summed E-state index contributed by atoms with van der Waals surface area (Å²) in [6.07, 6.45) is 3.56. The van der Waals surface area contributed by atoms with E-state index in [1.54, 1.807) is 12.4 Å². The summed E-state index contributed by atoms with van der Waals surface area (Å²) in [4.78, 5) is 8.90. The minimum atomic E-state index is 0.700. The molecule has 0 N–H and O–H groups in total. The third kappa shape index (κ3) is 1.91. The minimum absolute atomic E-state index is 0.700. The molecule has 0 spiro atoms. The lowest BCUT2D eigenvalue weighted by Crippen LogP contribution is -2.02. The smallest absolute Gasteiger partial charge is 0.234 e. The van der Waals surface area contributed by atoms with Crippen LogP contribution in [0, 0.1) is 6.92 Å². The number of rotatable bonds is 2. The van der Waals surface area contributed by atoms with Crippen LogP contribution < -0.4 is 0 Å². The van der Waals surface area contributed by atoms with Crippen LogP contribution >= 0.6 is 0 Å². The van der Waals surface area contributed by atoms with E-state index in [2.05, 4.69) is 70.0 Å². The van der Waals surface area contributed by atoms with E-state index in [0.717, 1.165) is 11.2 Å². The van der Waals surface area contributed by atoms with Gasteiger partial charge in [0.2, 0.25) is 5.95 Å². The second-order valence-corrected chi connectivity index (χ2v) is 5.24. The molecule has 2 aromatic heterocycles. The number of para-hydroxylation sites is 1. The Morgan fingerprint density at radius 1 is 0.773 bits per heavy atom. The van der Waals surface area contributed by atoms with E-state index in [-0.39, 0.29) is 0 Å². The van der Waals surface area contributed by atoms with E-state index in [1.807, 2.05) is 12.1 Å². The molecule has 0 unspecified atom stereocenters. The normalized spacial score (nSPS) is 11.0. The van der Waals surface area contributed by atoms with Crippen LogP contribution in [0.3, 0.4) is 0 Å². The molecule has 0 aliphatic heterocycles. The number of aryl methyl sites for hydroxylation is 1. The fraction of sp³-hybridized carbons (Fsp3) is 0.0526. The molecule has 0 radical (unpaired) electrons. The molecular weight excluding hydrogens is 270 g/mol. The van der Waals surface area contributed by atoms with Gasteiger partial charge in [0.05, 0.1) is 11.2 Å². The second kappa shape index (κ2) is 5.11. The monoisotopic (exact) mass is 285 g/mol. The maximum Gasteiger partial charge on any atom is 0.234 e. The Labute approximate surface area is 128 Å². The number of fused-ring (bicyclic) bond motifs is 1. The van der Waals surface area contributed by atoms with Crippen LogP contribution in [0.15, 0.2) is 73.1 Å². The fourth-order valence-corrected chi connectivity index (χ4v) is 2.96. The first kappa shape index (κ1) is 12.8. The molecular formula is C19H15N3. The zero-order chi connectivity index (χ0) is 14.9. The average molecular weight is 285 g/mol. The zero-order valence-electron chi connectivity index (χ0n) is 12.3. The van der Waals surface area contributed by atoms with Crippen molar-refractivity contribution in [3.63, 3.8) is 0 Å². The Balaban J connectivity index is 2.14. The van der Waals surface area contributed by atoms with Gasteiger partial charge >= 0.3 is 0 Å². The van der Waals surface area contributed by atoms with Gasteiger partial charge in [0.1, 0.15) is 0 Å². The number of hydrogen-bond acceptors (Lipinski definition) is 2. The lowest BCUT2D eigenvalue weighted by Gasteiger charge is -2.09. The van der Waals surface area contributed by atoms with Gasteiger partial charge in [-0.05, 0) is 30.2 Å². The highest BCUT2D eigenvalue weighted by Crippen LogP contribution is 2.34. The third-order valence-electron chi connectivity index (χ3n) is 3.93. The minimum Gasteiger partial charge on any atom is -0.278 e. The largest absolute Gasteiger partial charge is 0.278 e. The van der Waals surface area contributed by atoms with Gasteiger partial charge in [-0.3, -0.25) is 4.57 Å². The SMILES string of the molecule is Cc1c(-c2ccccc2)n(-c2ncccn2)c2ccccc12. The zero-order valence-corrected chi connectivity index (χ0v) is 12.3. The van der Waals surface area contributed by atoms with E-state index in [4.69, 9.17) is 0 Å². The predicted molar refractivity (Wildman–Crippen MR) is 89.0 cm³/mol. The van der Waals surface area contributed by atoms with Gasteiger partial charge in [0, 0.05) is 17.8 Å². The molecule has 106 valence electrons. The van der Waals surface area contributed by atoms with E-state index < -0.39 is 0 Å². The molecule has 22 heavy (non-hydrogen) atoms. The summed E-state index contributed by atoms with van der Waals surface area (Å²) in [6, 6.07) is 20.6. The van der Waals surface area contributed by atoms with Crippen molar-refractivity contribution in [2.75, 3.05) is 0 Å². The molecule has 3 nitrogen and oxygen atoms in total. The van der Waals surface area contributed by atoms with Crippen LogP contribution in [0.4, 0.5) is 0 Å². The standard InChI is InChI=1S/C19H15N3/c1-14-16-10-5-6-11-17(16)22(19-20-12-7-13-21-19)18(14)15-8-3-2-4-9-15/h2-13H,1H3. The molecule has 0 saturated carbocycles. The predicted octanol–water partition coefficient (Wildman–Crippen LogP) is 4.40. The summed E-state index contributed by atoms with van der Waals surface area (Å²) in [7, 11) is 0. The lowest BCUT2D eigenvalue weighted by molar-refractivity contribution is 0.965. The number of nitrogens with zero attached hydrogens (tertiary/aromatic N) is 3. The molecule has 0 aliphatic rings. The van der Waals surface area contributed by atoms with Crippen molar-refractivity contribution in [1.82, 2.24) is 14.5 Å². The topological polar surface area (TPSA) is 30.7 Å². The molecule has 0 amide bonds. The number of hydrogen-bond donors (Lipinski definition) is 0. The Kier molecular flexibility index (Phi) is 2.97. The van der Waals surface area contributed by atoms with Crippen LogP contribution in [0.1, 0.15) is 5.56 Å². The van der Waals surface area contributed by atoms with Crippen LogP contribution in [-0.2, 0) is 0 Å². The van der Waals surface area contributed by atoms with Gasteiger partial charge in [-0.25, -0.2) is 9.97 Å². The van der Waals surface area contributed by atoms with Crippen molar-refractivity contribution in [1.29, 1.82) is 0 Å². The van der Waals surface area contributed by atoms with Crippen LogP contribution in [0.2, 0.25) is 0 Å². The summed E-state index contributed by atoms with van der Waals surface area (Å²) in [5.74, 6) is 0.700. The molecule has 0 aliphatic carbocycles. The highest BCUT2D eigenvalue weighted by Gasteiger charge is 2.17. The first-order valence-corrected chi connectivity index (χ1v) is 7.29. The molecule has 0 atom stereocenters. The van der Waals surface area contributed by atoms with Gasteiger partial charge in [-0.15, -0.1) is 0 Å².